The van der Waals surface area contributed by atoms with Crippen molar-refractivity contribution in [1.29, 1.82) is 0 Å². The monoisotopic (exact) mass is 493 g/mol. The summed E-state index contributed by atoms with van der Waals surface area (Å²) in [5, 5.41) is 9.87. The van der Waals surface area contributed by atoms with Gasteiger partial charge in [0.05, 0.1) is 0 Å². The fraction of sp³-hybridized carbons (Fsp3) is 0.208. The van der Waals surface area contributed by atoms with Gasteiger partial charge in [0.25, 0.3) is 0 Å². The lowest BCUT2D eigenvalue weighted by Crippen LogP contribution is -2.25. The van der Waals surface area contributed by atoms with Crippen LogP contribution in [0.15, 0.2) is 60.7 Å². The molecule has 0 bridgehead atoms. The number of halogens is 3. The summed E-state index contributed by atoms with van der Waals surface area (Å²) in [5.41, 5.74) is 2.85. The molecule has 0 saturated heterocycles. The lowest BCUT2D eigenvalue weighted by Gasteiger charge is -2.34. The first-order chi connectivity index (χ1) is 15.7. The minimum absolute atomic E-state index is 0.634. The molecular formula is C24H22F3NO5S. The van der Waals surface area contributed by atoms with Gasteiger partial charge in [-0.2, -0.15) is 21.6 Å². The zero-order valence-corrected chi connectivity index (χ0v) is 19.3. The Kier molecular flexibility index (Phi) is 6.77. The third kappa shape index (κ3) is 4.78. The van der Waals surface area contributed by atoms with Gasteiger partial charge in [-0.3, -0.25) is 9.35 Å². The van der Waals surface area contributed by atoms with E-state index in [1.807, 2.05) is 43.4 Å². The SMILES string of the molecule is Cc1cccc(-c2ccc3c(c2)N(C)c2ccccc2C3C(=O)O)c1C.O=S(=O)(O)C(F)(F)F. The van der Waals surface area contributed by atoms with Gasteiger partial charge in [0, 0.05) is 18.4 Å². The highest BCUT2D eigenvalue weighted by Gasteiger charge is 2.44. The number of aliphatic carboxylic acids is 1. The maximum atomic E-state index is 12.0. The van der Waals surface area contributed by atoms with Gasteiger partial charge < -0.3 is 10.0 Å². The molecule has 2 N–H and O–H groups in total. The Hall–Kier alpha value is -3.37. The van der Waals surface area contributed by atoms with Crippen molar-refractivity contribution in [3.05, 3.63) is 82.9 Å². The molecule has 6 nitrogen and oxygen atoms in total. The molecule has 1 aliphatic rings. The van der Waals surface area contributed by atoms with E-state index in [2.05, 4.69) is 43.0 Å². The molecule has 1 aliphatic heterocycles. The van der Waals surface area contributed by atoms with Crippen LogP contribution in [0.3, 0.4) is 0 Å². The number of fused-ring (bicyclic) bond motifs is 2. The van der Waals surface area contributed by atoms with E-state index in [1.54, 1.807) is 0 Å². The van der Waals surface area contributed by atoms with Crippen molar-refractivity contribution in [3.8, 4) is 11.1 Å². The van der Waals surface area contributed by atoms with Crippen LogP contribution in [0.25, 0.3) is 11.1 Å². The van der Waals surface area contributed by atoms with Gasteiger partial charge in [-0.15, -0.1) is 0 Å². The smallest absolute Gasteiger partial charge is 0.481 e. The van der Waals surface area contributed by atoms with Crippen molar-refractivity contribution in [2.75, 3.05) is 11.9 Å². The summed E-state index contributed by atoms with van der Waals surface area (Å²) < 4.78 is 57.5. The van der Waals surface area contributed by atoms with Crippen molar-refractivity contribution in [2.45, 2.75) is 25.3 Å². The first kappa shape index (κ1) is 25.3. The van der Waals surface area contributed by atoms with Gasteiger partial charge in [-0.05, 0) is 59.4 Å². The molecular weight excluding hydrogens is 471 g/mol. The van der Waals surface area contributed by atoms with E-state index < -0.39 is 27.5 Å². The standard InChI is InChI=1S/C23H21NO2.CHF3O3S/c1-14-7-6-9-17(15(14)2)16-11-12-19-21(13-16)24(3)20-10-5-4-8-18(20)22(19)23(25)26;2-1(3,4)8(5,6)7/h4-13,22H,1-3H3,(H,25,26);(H,5,6,7). The Morgan fingerprint density at radius 2 is 1.53 bits per heavy atom. The fourth-order valence-electron chi connectivity index (χ4n) is 3.91. The maximum Gasteiger partial charge on any atom is 0.522 e. The van der Waals surface area contributed by atoms with Crippen LogP contribution in [0.5, 0.6) is 0 Å². The molecule has 3 aromatic carbocycles. The van der Waals surface area contributed by atoms with E-state index in [-0.39, 0.29) is 0 Å². The molecule has 4 rings (SSSR count). The lowest BCUT2D eigenvalue weighted by atomic mass is 9.83. The number of anilines is 2. The van der Waals surface area contributed by atoms with Crippen LogP contribution in [0, 0.1) is 13.8 Å². The first-order valence-electron chi connectivity index (χ1n) is 10.0. The summed E-state index contributed by atoms with van der Waals surface area (Å²) in [4.78, 5) is 14.1. The minimum Gasteiger partial charge on any atom is -0.481 e. The minimum atomic E-state index is -5.84. The van der Waals surface area contributed by atoms with E-state index in [9.17, 15) is 23.1 Å². The Labute approximate surface area is 195 Å². The van der Waals surface area contributed by atoms with Crippen LogP contribution in [0.1, 0.15) is 28.2 Å². The number of carboxylic acid groups (broad SMARTS) is 1. The second kappa shape index (κ2) is 9.11. The van der Waals surface area contributed by atoms with E-state index in [0.717, 1.165) is 28.1 Å². The van der Waals surface area contributed by atoms with Gasteiger partial charge in [0.15, 0.2) is 0 Å². The molecule has 0 spiro atoms. The first-order valence-corrected chi connectivity index (χ1v) is 11.5. The highest BCUT2D eigenvalue weighted by atomic mass is 32.2. The van der Waals surface area contributed by atoms with Crippen molar-refractivity contribution < 1.29 is 36.0 Å². The van der Waals surface area contributed by atoms with Gasteiger partial charge in [-0.1, -0.05) is 48.5 Å². The van der Waals surface area contributed by atoms with E-state index in [4.69, 9.17) is 13.0 Å². The summed E-state index contributed by atoms with van der Waals surface area (Å²) in [6, 6.07) is 20.2. The highest BCUT2D eigenvalue weighted by Crippen LogP contribution is 2.46. The predicted molar refractivity (Wildman–Crippen MR) is 123 cm³/mol. The Morgan fingerprint density at radius 1 is 0.941 bits per heavy atom. The Bertz CT molecular complexity index is 1350. The van der Waals surface area contributed by atoms with Crippen LogP contribution >= 0.6 is 0 Å². The number of carbonyl (C=O) groups is 1. The zero-order valence-electron chi connectivity index (χ0n) is 18.5. The van der Waals surface area contributed by atoms with Crippen LogP contribution < -0.4 is 4.90 Å². The van der Waals surface area contributed by atoms with Gasteiger partial charge in [-0.25, -0.2) is 0 Å². The average molecular weight is 494 g/mol. The molecule has 0 aliphatic carbocycles. The number of hydrogen-bond acceptors (Lipinski definition) is 4. The largest absolute Gasteiger partial charge is 0.522 e. The van der Waals surface area contributed by atoms with Crippen LogP contribution in [-0.4, -0.2) is 36.6 Å². The summed E-state index contributed by atoms with van der Waals surface area (Å²) in [7, 11) is -3.84. The number of alkyl halides is 3. The van der Waals surface area contributed by atoms with E-state index in [1.165, 1.54) is 16.7 Å². The average Bonchev–Trinajstić information content (AvgIpc) is 2.75. The van der Waals surface area contributed by atoms with Crippen LogP contribution in [-0.2, 0) is 14.9 Å². The molecule has 0 saturated carbocycles. The summed E-state index contributed by atoms with van der Waals surface area (Å²) in [6.45, 7) is 4.24. The van der Waals surface area contributed by atoms with E-state index in [0.29, 0.717) is 0 Å². The molecule has 180 valence electrons. The molecule has 0 aromatic heterocycles. The highest BCUT2D eigenvalue weighted by molar-refractivity contribution is 7.86. The van der Waals surface area contributed by atoms with E-state index >= 15 is 0 Å². The summed E-state index contributed by atoms with van der Waals surface area (Å²) in [5.74, 6) is -1.45. The number of nitrogens with zero attached hydrogens (tertiary/aromatic N) is 1. The topological polar surface area (TPSA) is 94.9 Å². The van der Waals surface area contributed by atoms with Gasteiger partial charge >= 0.3 is 21.6 Å². The molecule has 34 heavy (non-hydrogen) atoms. The summed E-state index contributed by atoms with van der Waals surface area (Å²) in [6.07, 6.45) is 0. The lowest BCUT2D eigenvalue weighted by molar-refractivity contribution is -0.137. The fourth-order valence-corrected chi connectivity index (χ4v) is 3.91. The number of para-hydroxylation sites is 1. The molecule has 1 heterocycles. The third-order valence-corrected chi connectivity index (χ3v) is 6.35. The predicted octanol–water partition coefficient (Wildman–Crippen LogP) is 5.66. The Morgan fingerprint density at radius 3 is 2.12 bits per heavy atom. The number of carboxylic acids is 1. The number of rotatable bonds is 2. The third-order valence-electron chi connectivity index (χ3n) is 5.77. The van der Waals surface area contributed by atoms with Crippen molar-refractivity contribution in [1.82, 2.24) is 0 Å². The molecule has 3 aromatic rings. The second-order valence-electron chi connectivity index (χ2n) is 7.83. The van der Waals surface area contributed by atoms with Crippen molar-refractivity contribution >= 4 is 27.5 Å². The molecule has 0 radical (unpaired) electrons. The summed E-state index contributed by atoms with van der Waals surface area (Å²) >= 11 is 0. The second-order valence-corrected chi connectivity index (χ2v) is 9.24. The molecule has 0 amide bonds. The maximum absolute atomic E-state index is 12.0. The van der Waals surface area contributed by atoms with Gasteiger partial charge in [0.1, 0.15) is 5.92 Å². The molecule has 10 heteroatoms. The van der Waals surface area contributed by atoms with Crippen molar-refractivity contribution in [3.63, 3.8) is 0 Å². The number of hydrogen-bond donors (Lipinski definition) is 2. The normalized spacial score (nSPS) is 15.0. The molecule has 0 fully saturated rings. The number of benzene rings is 3. The number of aryl methyl sites for hydroxylation is 1. The Balaban J connectivity index is 0.000000350. The van der Waals surface area contributed by atoms with Crippen LogP contribution in [0.4, 0.5) is 24.5 Å². The molecule has 1 atom stereocenters. The zero-order chi connectivity index (χ0) is 25.4. The quantitative estimate of drug-likeness (QED) is 0.353. The van der Waals surface area contributed by atoms with Crippen LogP contribution in [0.2, 0.25) is 0 Å². The van der Waals surface area contributed by atoms with Crippen molar-refractivity contribution in [2.24, 2.45) is 0 Å². The molecule has 1 unspecified atom stereocenters. The van der Waals surface area contributed by atoms with Gasteiger partial charge in [0.2, 0.25) is 0 Å².